The summed E-state index contributed by atoms with van der Waals surface area (Å²) in [5.41, 5.74) is 0. The Hall–Kier alpha value is -2.56. The first-order chi connectivity index (χ1) is 23.7. The van der Waals surface area contributed by atoms with E-state index < -0.39 is 5.97 Å². The summed E-state index contributed by atoms with van der Waals surface area (Å²) >= 11 is 0. The molecule has 0 aliphatic carbocycles. The number of aromatic nitrogens is 2. The van der Waals surface area contributed by atoms with Gasteiger partial charge >= 0.3 is 6.01 Å². The monoisotopic (exact) mass is 674 g/mol. The summed E-state index contributed by atoms with van der Waals surface area (Å²) in [4.78, 5) is 21.0. The Morgan fingerprint density at radius 1 is 0.792 bits per heavy atom. The summed E-state index contributed by atoms with van der Waals surface area (Å²) in [5.74, 6) is -0.979. The summed E-state index contributed by atoms with van der Waals surface area (Å²) in [6, 6.07) is 2.09. The van der Waals surface area contributed by atoms with Gasteiger partial charge < -0.3 is 33.7 Å². The lowest BCUT2D eigenvalue weighted by molar-refractivity contribution is -0.460. The van der Waals surface area contributed by atoms with Crippen molar-refractivity contribution < 1.29 is 33.4 Å². The van der Waals surface area contributed by atoms with E-state index in [1.807, 2.05) is 12.4 Å². The van der Waals surface area contributed by atoms with Crippen molar-refractivity contribution >= 4 is 12.2 Å². The maximum Gasteiger partial charge on any atom is 0.316 e. The standard InChI is InChI=1S/C38H66N4O6/c1-2-3-4-5-6-7-8-9-10-11-12-13-14-15-16-20-29-46-33-36(48-38-39-23-21-24-40-38)34-47-32-31-45-30-28-42-27-26-41(35-42)25-19-17-18-22-37(43)44/h21,23-27,36H,2-20,22,28-35H2,1H3. The molecule has 1 aromatic heterocycles. The fourth-order valence-electron chi connectivity index (χ4n) is 5.61. The number of carboxylic acid groups (broad SMARTS) is 1. The van der Waals surface area contributed by atoms with Gasteiger partial charge in [-0.05, 0) is 31.7 Å². The molecule has 0 N–H and O–H groups in total. The van der Waals surface area contributed by atoms with Gasteiger partial charge in [0.2, 0.25) is 6.67 Å². The van der Waals surface area contributed by atoms with Crippen LogP contribution in [0.4, 0.5) is 0 Å². The Kier molecular flexibility index (Phi) is 26.4. The molecule has 1 aromatic rings. The van der Waals surface area contributed by atoms with E-state index in [-0.39, 0.29) is 12.5 Å². The van der Waals surface area contributed by atoms with E-state index in [2.05, 4.69) is 32.6 Å². The molecular weight excluding hydrogens is 608 g/mol. The van der Waals surface area contributed by atoms with Crippen LogP contribution < -0.4 is 9.84 Å². The van der Waals surface area contributed by atoms with Gasteiger partial charge in [0.25, 0.3) is 0 Å². The Morgan fingerprint density at radius 2 is 1.38 bits per heavy atom. The van der Waals surface area contributed by atoms with Crippen LogP contribution in [-0.4, -0.2) is 90.6 Å². The number of carboxylic acids is 1. The van der Waals surface area contributed by atoms with Crippen molar-refractivity contribution in [3.63, 3.8) is 0 Å². The lowest BCUT2D eigenvalue weighted by atomic mass is 10.0. The lowest BCUT2D eigenvalue weighted by Gasteiger charge is -2.18. The number of hydrogen-bond donors (Lipinski definition) is 0. The largest absolute Gasteiger partial charge is 0.550 e. The smallest absolute Gasteiger partial charge is 0.316 e. The third kappa shape index (κ3) is 24.6. The van der Waals surface area contributed by atoms with Crippen LogP contribution >= 0.6 is 0 Å². The molecule has 0 saturated heterocycles. The first-order valence-corrected chi connectivity index (χ1v) is 19.1. The Bertz CT molecular complexity index is 948. The number of carbonyl (C=O) groups is 1. The summed E-state index contributed by atoms with van der Waals surface area (Å²) in [6.45, 7) is 6.96. The van der Waals surface area contributed by atoms with E-state index in [0.717, 1.165) is 39.1 Å². The van der Waals surface area contributed by atoms with Crippen molar-refractivity contribution in [2.75, 3.05) is 52.9 Å². The first kappa shape index (κ1) is 41.6. The first-order valence-electron chi connectivity index (χ1n) is 19.1. The molecule has 1 aliphatic heterocycles. The van der Waals surface area contributed by atoms with Crippen molar-refractivity contribution in [3.05, 3.63) is 30.9 Å². The third-order valence-electron chi connectivity index (χ3n) is 8.47. The molecule has 0 radical (unpaired) electrons. The molecule has 274 valence electrons. The zero-order chi connectivity index (χ0) is 34.2. The van der Waals surface area contributed by atoms with Crippen molar-refractivity contribution in [3.8, 4) is 6.01 Å². The van der Waals surface area contributed by atoms with Gasteiger partial charge in [-0.3, -0.25) is 0 Å². The molecule has 1 atom stereocenters. The van der Waals surface area contributed by atoms with Crippen LogP contribution in [0.5, 0.6) is 6.01 Å². The van der Waals surface area contributed by atoms with Crippen LogP contribution in [0.25, 0.3) is 0 Å². The molecule has 2 rings (SSSR count). The van der Waals surface area contributed by atoms with Gasteiger partial charge in [-0.1, -0.05) is 103 Å². The second-order valence-electron chi connectivity index (χ2n) is 12.9. The van der Waals surface area contributed by atoms with E-state index in [1.54, 1.807) is 18.5 Å². The van der Waals surface area contributed by atoms with E-state index in [9.17, 15) is 9.90 Å². The Balaban J connectivity index is 1.44. The van der Waals surface area contributed by atoms with Gasteiger partial charge in [-0.15, -0.1) is 0 Å². The maximum atomic E-state index is 10.5. The normalized spacial score (nSPS) is 14.3. The number of rotatable bonds is 34. The molecule has 1 aliphatic rings. The van der Waals surface area contributed by atoms with E-state index >= 15 is 0 Å². The van der Waals surface area contributed by atoms with Crippen LogP contribution in [0.2, 0.25) is 0 Å². The number of hydrogen-bond acceptors (Lipinski definition) is 9. The molecule has 48 heavy (non-hydrogen) atoms. The summed E-state index contributed by atoms with van der Waals surface area (Å²) in [5, 5.41) is 10.5. The number of unbranched alkanes of at least 4 members (excludes halogenated alkanes) is 17. The number of aliphatic carboxylic acids is 1. The molecular formula is C38H66N4O6. The zero-order valence-corrected chi connectivity index (χ0v) is 30.1. The maximum absolute atomic E-state index is 10.5. The Morgan fingerprint density at radius 3 is 2.00 bits per heavy atom. The third-order valence-corrected chi connectivity index (χ3v) is 8.47. The molecule has 2 heterocycles. The van der Waals surface area contributed by atoms with E-state index in [0.29, 0.717) is 45.5 Å². The highest BCUT2D eigenvalue weighted by Gasteiger charge is 2.15. The molecule has 0 fully saturated rings. The van der Waals surface area contributed by atoms with Crippen LogP contribution in [0.3, 0.4) is 0 Å². The quantitative estimate of drug-likeness (QED) is 0.0585. The van der Waals surface area contributed by atoms with Crippen LogP contribution in [0, 0.1) is 0 Å². The van der Waals surface area contributed by atoms with Gasteiger partial charge in [-0.2, -0.15) is 4.58 Å². The minimum atomic E-state index is -0.979. The fraction of sp³-hybridized carbons (Fsp3) is 0.789. The minimum absolute atomic E-state index is 0.124. The van der Waals surface area contributed by atoms with Crippen LogP contribution in [0.1, 0.15) is 135 Å². The van der Waals surface area contributed by atoms with E-state index in [1.165, 1.54) is 96.3 Å². The van der Waals surface area contributed by atoms with Gasteiger partial charge in [0.1, 0.15) is 12.3 Å². The molecule has 10 nitrogen and oxygen atoms in total. The average Bonchev–Trinajstić information content (AvgIpc) is 3.54. The van der Waals surface area contributed by atoms with Crippen LogP contribution in [-0.2, 0) is 19.0 Å². The fourth-order valence-corrected chi connectivity index (χ4v) is 5.61. The van der Waals surface area contributed by atoms with Gasteiger partial charge in [0, 0.05) is 37.9 Å². The second-order valence-corrected chi connectivity index (χ2v) is 12.9. The summed E-state index contributed by atoms with van der Waals surface area (Å²) in [7, 11) is 0. The highest BCUT2D eigenvalue weighted by Crippen LogP contribution is 2.14. The number of carbonyl (C=O) groups excluding carboxylic acids is 1. The Labute approximate surface area is 291 Å². The highest BCUT2D eigenvalue weighted by molar-refractivity contribution is 5.64. The van der Waals surface area contributed by atoms with Gasteiger partial charge in [0.15, 0.2) is 6.20 Å². The van der Waals surface area contributed by atoms with Crippen molar-refractivity contribution in [2.24, 2.45) is 0 Å². The average molecular weight is 675 g/mol. The molecule has 0 aromatic carbocycles. The van der Waals surface area contributed by atoms with Gasteiger partial charge in [0.05, 0.1) is 39.2 Å². The minimum Gasteiger partial charge on any atom is -0.550 e. The number of nitrogens with zero attached hydrogens (tertiary/aromatic N) is 4. The predicted octanol–water partition coefficient (Wildman–Crippen LogP) is 6.67. The molecule has 0 saturated carbocycles. The van der Waals surface area contributed by atoms with Crippen molar-refractivity contribution in [1.29, 1.82) is 0 Å². The number of ether oxygens (including phenoxy) is 4. The molecule has 10 heteroatoms. The molecule has 0 amide bonds. The zero-order valence-electron chi connectivity index (χ0n) is 30.1. The highest BCUT2D eigenvalue weighted by atomic mass is 16.6. The summed E-state index contributed by atoms with van der Waals surface area (Å²) < 4.78 is 25.6. The second kappa shape index (κ2) is 30.5. The molecule has 1 unspecified atom stereocenters. The van der Waals surface area contributed by atoms with Crippen molar-refractivity contribution in [1.82, 2.24) is 14.9 Å². The molecule has 0 bridgehead atoms. The predicted molar refractivity (Wildman–Crippen MR) is 189 cm³/mol. The van der Waals surface area contributed by atoms with E-state index in [4.69, 9.17) is 18.9 Å². The lowest BCUT2D eigenvalue weighted by Crippen LogP contribution is -2.30. The summed E-state index contributed by atoms with van der Waals surface area (Å²) in [6.07, 6.45) is 33.4. The van der Waals surface area contributed by atoms with Crippen molar-refractivity contribution in [2.45, 2.75) is 141 Å². The molecule has 0 spiro atoms. The van der Waals surface area contributed by atoms with Gasteiger partial charge in [-0.25, -0.2) is 9.97 Å². The SMILES string of the molecule is CCCCCCCCCCCCCCCCCCOCC(COCCOCCN1C=C[N+](=CCCCCC(=O)[O-])C1)Oc1ncccn1. The topological polar surface area (TPSA) is 109 Å². The van der Waals surface area contributed by atoms with Crippen LogP contribution in [0.15, 0.2) is 30.9 Å².